The summed E-state index contributed by atoms with van der Waals surface area (Å²) in [7, 11) is 0. The molecular formula is C31H44O12. The Labute approximate surface area is 250 Å². The van der Waals surface area contributed by atoms with Crippen LogP contribution in [0.15, 0.2) is 11.6 Å². The number of aliphatic hydroxyl groups excluding tert-OH is 3. The maximum atomic E-state index is 13.1. The summed E-state index contributed by atoms with van der Waals surface area (Å²) in [6.07, 6.45) is -2.47. The van der Waals surface area contributed by atoms with Gasteiger partial charge < -0.3 is 49.3 Å². The Bertz CT molecular complexity index is 1190. The van der Waals surface area contributed by atoms with Crippen molar-refractivity contribution in [3.63, 3.8) is 0 Å². The molecule has 0 aromatic rings. The van der Waals surface area contributed by atoms with Gasteiger partial charge >= 0.3 is 11.9 Å². The number of rotatable bonds is 5. The average Bonchev–Trinajstić information content (AvgIpc) is 3.46. The second kappa shape index (κ2) is 10.6. The van der Waals surface area contributed by atoms with E-state index in [1.165, 1.54) is 13.0 Å². The van der Waals surface area contributed by atoms with Gasteiger partial charge in [-0.25, -0.2) is 4.79 Å². The predicted octanol–water partition coefficient (Wildman–Crippen LogP) is 0.292. The van der Waals surface area contributed by atoms with E-state index in [4.69, 9.17) is 18.9 Å². The summed E-state index contributed by atoms with van der Waals surface area (Å²) in [6, 6.07) is 0. The zero-order valence-corrected chi connectivity index (χ0v) is 24.9. The first-order valence-electron chi connectivity index (χ1n) is 15.5. The van der Waals surface area contributed by atoms with Crippen LogP contribution in [-0.2, 0) is 33.3 Å². The number of ether oxygens (including phenoxy) is 4. The first kappa shape index (κ1) is 31.1. The minimum Gasteiger partial charge on any atom is -0.462 e. The van der Waals surface area contributed by atoms with Crippen molar-refractivity contribution in [3.05, 3.63) is 11.6 Å². The molecule has 1 saturated heterocycles. The molecule has 2 heterocycles. The standard InChI is InChI=1S/C31H44O12/c1-15-24(35)25(36)26(37)27(41-15)43-18-4-8-29(14-32)19-5-7-28(3)23(17-10-22(34)40-13-17)21(42-16(2)33)12-31(28,39)20(19)6-9-30(29,38)11-18/h10,14-15,18-21,23-27,35-39H,4-9,11-13H2,1-3H3/t15-,18-,19-,20+,21-,23-,24-,25+,26+,27-,28+,29-,30-,31-/m0/s1. The second-order valence-electron chi connectivity index (χ2n) is 14.2. The summed E-state index contributed by atoms with van der Waals surface area (Å²) in [4.78, 5) is 37.2. The summed E-state index contributed by atoms with van der Waals surface area (Å²) in [6.45, 7) is 4.94. The number of cyclic esters (lactones) is 1. The minimum absolute atomic E-state index is 0.0780. The lowest BCUT2D eigenvalue weighted by atomic mass is 9.41. The van der Waals surface area contributed by atoms with Gasteiger partial charge in [0, 0.05) is 37.2 Å². The van der Waals surface area contributed by atoms with Gasteiger partial charge in [-0.1, -0.05) is 6.92 Å². The second-order valence-corrected chi connectivity index (χ2v) is 14.2. The zero-order valence-electron chi connectivity index (χ0n) is 24.9. The molecule has 6 rings (SSSR count). The highest BCUT2D eigenvalue weighted by Crippen LogP contribution is 2.70. The van der Waals surface area contributed by atoms with Crippen molar-refractivity contribution in [2.45, 2.75) is 126 Å². The number of fused-ring (bicyclic) bond motifs is 5. The van der Waals surface area contributed by atoms with Crippen molar-refractivity contribution in [2.75, 3.05) is 6.61 Å². The normalized spacial score (nSPS) is 52.7. The Morgan fingerprint density at radius 2 is 1.74 bits per heavy atom. The number of aliphatic hydroxyl groups is 5. The third kappa shape index (κ3) is 4.46. The number of aldehydes is 1. The predicted molar refractivity (Wildman–Crippen MR) is 146 cm³/mol. The molecule has 0 spiro atoms. The number of esters is 2. The third-order valence-electron chi connectivity index (χ3n) is 12.2. The summed E-state index contributed by atoms with van der Waals surface area (Å²) in [5.41, 5.74) is -3.98. The molecule has 0 aromatic carbocycles. The molecule has 4 aliphatic carbocycles. The molecule has 0 unspecified atom stereocenters. The van der Waals surface area contributed by atoms with Crippen molar-refractivity contribution < 1.29 is 58.9 Å². The van der Waals surface area contributed by atoms with E-state index in [1.807, 2.05) is 6.92 Å². The molecule has 240 valence electrons. The fourth-order valence-electron chi connectivity index (χ4n) is 10.1. The molecular weight excluding hydrogens is 564 g/mol. The van der Waals surface area contributed by atoms with Gasteiger partial charge in [-0.05, 0) is 62.9 Å². The Hall–Kier alpha value is -1.93. The van der Waals surface area contributed by atoms with E-state index in [1.54, 1.807) is 6.92 Å². The van der Waals surface area contributed by atoms with Gasteiger partial charge in [-0.2, -0.15) is 0 Å². The monoisotopic (exact) mass is 608 g/mol. The van der Waals surface area contributed by atoms with Crippen LogP contribution < -0.4 is 0 Å². The molecule has 12 heteroatoms. The molecule has 12 nitrogen and oxygen atoms in total. The number of carbonyl (C=O) groups excluding carboxylic acids is 3. The first-order valence-corrected chi connectivity index (χ1v) is 15.5. The number of hydrogen-bond acceptors (Lipinski definition) is 12. The van der Waals surface area contributed by atoms with Crippen molar-refractivity contribution in [1.29, 1.82) is 0 Å². The molecule has 5 fully saturated rings. The SMILES string of the molecule is CC(=O)O[C@H]1C[C@]2(O)[C@@H]3CC[C@]4(O)C[C@@H](O[C@@H]5O[C@@H](C)[C@H](O)[C@@H](O)[C@H]5O)CC[C@]4(C=O)[C@H]3CC[C@]2(C)[C@H]1C1=CC(=O)OC1. The molecule has 0 aromatic heterocycles. The summed E-state index contributed by atoms with van der Waals surface area (Å²) in [5, 5.41) is 55.5. The fraction of sp³-hybridized carbons (Fsp3) is 0.839. The van der Waals surface area contributed by atoms with Gasteiger partial charge in [0.25, 0.3) is 0 Å². The molecule has 14 atom stereocenters. The lowest BCUT2D eigenvalue weighted by Crippen LogP contribution is -2.69. The summed E-state index contributed by atoms with van der Waals surface area (Å²) >= 11 is 0. The third-order valence-corrected chi connectivity index (χ3v) is 12.2. The van der Waals surface area contributed by atoms with Crippen molar-refractivity contribution in [1.82, 2.24) is 0 Å². The molecule has 0 amide bonds. The quantitative estimate of drug-likeness (QED) is 0.163. The Kier molecular flexibility index (Phi) is 7.64. The molecule has 43 heavy (non-hydrogen) atoms. The van der Waals surface area contributed by atoms with Crippen molar-refractivity contribution >= 4 is 18.2 Å². The fourth-order valence-corrected chi connectivity index (χ4v) is 10.1. The highest BCUT2D eigenvalue weighted by Gasteiger charge is 2.74. The zero-order chi connectivity index (χ0) is 31.1. The van der Waals surface area contributed by atoms with Crippen LogP contribution in [0.1, 0.15) is 72.1 Å². The van der Waals surface area contributed by atoms with E-state index in [0.29, 0.717) is 37.7 Å². The molecule has 4 saturated carbocycles. The highest BCUT2D eigenvalue weighted by atomic mass is 16.7. The van der Waals surface area contributed by atoms with E-state index in [-0.39, 0.29) is 37.7 Å². The van der Waals surface area contributed by atoms with Crippen LogP contribution in [0.2, 0.25) is 0 Å². The topological polar surface area (TPSA) is 189 Å². The molecule has 0 radical (unpaired) electrons. The van der Waals surface area contributed by atoms with E-state index in [2.05, 4.69) is 0 Å². The van der Waals surface area contributed by atoms with E-state index >= 15 is 0 Å². The molecule has 2 aliphatic heterocycles. The number of carbonyl (C=O) groups is 3. The maximum Gasteiger partial charge on any atom is 0.331 e. The largest absolute Gasteiger partial charge is 0.462 e. The van der Waals surface area contributed by atoms with E-state index in [0.717, 1.165) is 6.29 Å². The van der Waals surface area contributed by atoms with Crippen LogP contribution in [0.5, 0.6) is 0 Å². The van der Waals surface area contributed by atoms with Gasteiger partial charge in [0.1, 0.15) is 37.3 Å². The van der Waals surface area contributed by atoms with Crippen LogP contribution >= 0.6 is 0 Å². The van der Waals surface area contributed by atoms with Gasteiger partial charge in [-0.3, -0.25) is 4.79 Å². The maximum absolute atomic E-state index is 13.1. The smallest absolute Gasteiger partial charge is 0.331 e. The van der Waals surface area contributed by atoms with Crippen LogP contribution in [0, 0.1) is 28.6 Å². The van der Waals surface area contributed by atoms with E-state index in [9.17, 15) is 39.9 Å². The molecule has 0 bridgehead atoms. The van der Waals surface area contributed by atoms with Crippen LogP contribution in [0.25, 0.3) is 0 Å². The van der Waals surface area contributed by atoms with Crippen molar-refractivity contribution in [3.8, 4) is 0 Å². The Morgan fingerprint density at radius 3 is 2.40 bits per heavy atom. The van der Waals surface area contributed by atoms with Gasteiger partial charge in [0.05, 0.1) is 28.8 Å². The van der Waals surface area contributed by atoms with Crippen LogP contribution in [-0.4, -0.2) is 104 Å². The molecule has 6 aliphatic rings. The summed E-state index contributed by atoms with van der Waals surface area (Å²) in [5.74, 6) is -2.07. The van der Waals surface area contributed by atoms with Gasteiger partial charge in [0.2, 0.25) is 0 Å². The lowest BCUT2D eigenvalue weighted by Gasteiger charge is -2.65. The minimum atomic E-state index is -1.48. The lowest BCUT2D eigenvalue weighted by molar-refractivity contribution is -0.317. The van der Waals surface area contributed by atoms with Crippen LogP contribution in [0.4, 0.5) is 0 Å². The number of hydrogen-bond donors (Lipinski definition) is 5. The first-order chi connectivity index (χ1) is 20.2. The van der Waals surface area contributed by atoms with E-state index < -0.39 is 82.8 Å². The Balaban J connectivity index is 1.26. The average molecular weight is 609 g/mol. The molecule has 5 N–H and O–H groups in total. The highest BCUT2D eigenvalue weighted by molar-refractivity contribution is 5.85. The summed E-state index contributed by atoms with van der Waals surface area (Å²) < 4.78 is 22.6. The van der Waals surface area contributed by atoms with Gasteiger partial charge in [0.15, 0.2) is 6.29 Å². The van der Waals surface area contributed by atoms with Crippen LogP contribution in [0.3, 0.4) is 0 Å². The van der Waals surface area contributed by atoms with Crippen molar-refractivity contribution in [2.24, 2.45) is 28.6 Å². The van der Waals surface area contributed by atoms with Gasteiger partial charge in [-0.15, -0.1) is 0 Å². The Morgan fingerprint density at radius 1 is 1.02 bits per heavy atom.